The standard InChI is InChI=1S/C6H18O5Si2/c1-2-6(13-11-12)3-5(10-8)4-9-7/h5-8H,2-4,13H2,1,12H3. The fraction of sp³-hybridized carbons (Fsp3) is 1.00. The van der Waals surface area contributed by atoms with Crippen molar-refractivity contribution in [2.45, 2.75) is 31.4 Å². The molecule has 0 aromatic rings. The molecule has 0 rings (SSSR count). The molecule has 0 spiro atoms. The van der Waals surface area contributed by atoms with E-state index in [1.165, 1.54) is 0 Å². The van der Waals surface area contributed by atoms with Gasteiger partial charge in [-0.05, 0) is 12.0 Å². The van der Waals surface area contributed by atoms with Crippen LogP contribution in [0.25, 0.3) is 0 Å². The van der Waals surface area contributed by atoms with Gasteiger partial charge in [-0.25, -0.2) is 9.78 Å². The van der Waals surface area contributed by atoms with E-state index in [4.69, 9.17) is 14.6 Å². The molecule has 5 nitrogen and oxygen atoms in total. The van der Waals surface area contributed by atoms with E-state index in [0.29, 0.717) is 12.0 Å². The molecule has 0 amide bonds. The first-order valence-electron chi connectivity index (χ1n) is 4.33. The van der Waals surface area contributed by atoms with E-state index in [1.54, 1.807) is 0 Å². The molecule has 0 bridgehead atoms. The van der Waals surface area contributed by atoms with Gasteiger partial charge < -0.3 is 4.12 Å². The molecule has 0 fully saturated rings. The summed E-state index contributed by atoms with van der Waals surface area (Å²) in [5.41, 5.74) is 0.477. The van der Waals surface area contributed by atoms with E-state index in [9.17, 15) is 0 Å². The maximum Gasteiger partial charge on any atom is 0.148 e. The van der Waals surface area contributed by atoms with Crippen LogP contribution in [0.1, 0.15) is 19.8 Å². The third-order valence-corrected chi connectivity index (χ3v) is 4.70. The Kier molecular flexibility index (Phi) is 8.97. The van der Waals surface area contributed by atoms with Gasteiger partial charge >= 0.3 is 0 Å². The molecular weight excluding hydrogens is 208 g/mol. The van der Waals surface area contributed by atoms with Crippen molar-refractivity contribution in [3.05, 3.63) is 0 Å². The van der Waals surface area contributed by atoms with Crippen LogP contribution < -0.4 is 0 Å². The van der Waals surface area contributed by atoms with Crippen molar-refractivity contribution in [2.24, 2.45) is 0 Å². The van der Waals surface area contributed by atoms with Crippen molar-refractivity contribution in [1.29, 1.82) is 0 Å². The van der Waals surface area contributed by atoms with Crippen molar-refractivity contribution in [3.63, 3.8) is 0 Å². The third kappa shape index (κ3) is 6.32. The predicted octanol–water partition coefficient (Wildman–Crippen LogP) is -0.696. The number of hydrogen-bond acceptors (Lipinski definition) is 5. The average molecular weight is 226 g/mol. The maximum absolute atomic E-state index is 8.46. The Balaban J connectivity index is 3.73. The molecule has 0 saturated carbocycles. The molecule has 7 heteroatoms. The minimum absolute atomic E-state index is 0.00252. The van der Waals surface area contributed by atoms with Crippen LogP contribution in [0.3, 0.4) is 0 Å². The molecule has 0 saturated heterocycles. The van der Waals surface area contributed by atoms with Gasteiger partial charge in [-0.1, -0.05) is 13.3 Å². The topological polar surface area (TPSA) is 68.2 Å². The smallest absolute Gasteiger partial charge is 0.148 e. The van der Waals surface area contributed by atoms with Crippen LogP contribution >= 0.6 is 0 Å². The molecule has 0 aliphatic heterocycles. The van der Waals surface area contributed by atoms with Crippen LogP contribution in [0, 0.1) is 0 Å². The second-order valence-electron chi connectivity index (χ2n) is 2.99. The summed E-state index contributed by atoms with van der Waals surface area (Å²) in [7, 11) is 0.274. The van der Waals surface area contributed by atoms with Crippen LogP contribution in [0.4, 0.5) is 0 Å². The number of rotatable bonds is 8. The fourth-order valence-electron chi connectivity index (χ4n) is 1.18. The maximum atomic E-state index is 8.46. The van der Waals surface area contributed by atoms with Gasteiger partial charge in [0.25, 0.3) is 0 Å². The zero-order valence-corrected chi connectivity index (χ0v) is 11.5. The van der Waals surface area contributed by atoms with E-state index >= 15 is 0 Å². The first kappa shape index (κ1) is 13.2. The molecule has 0 aromatic heterocycles. The fourth-order valence-corrected chi connectivity index (χ4v) is 3.81. The Morgan fingerprint density at radius 2 is 2.15 bits per heavy atom. The quantitative estimate of drug-likeness (QED) is 0.325. The van der Waals surface area contributed by atoms with Gasteiger partial charge in [0.2, 0.25) is 0 Å². The first-order valence-corrected chi connectivity index (χ1v) is 6.55. The Labute approximate surface area is 83.3 Å². The van der Waals surface area contributed by atoms with Gasteiger partial charge in [-0.15, -0.1) is 0 Å². The molecule has 2 atom stereocenters. The van der Waals surface area contributed by atoms with E-state index in [-0.39, 0.29) is 6.61 Å². The summed E-state index contributed by atoms with van der Waals surface area (Å²) >= 11 is 0. The Morgan fingerprint density at radius 1 is 1.46 bits per heavy atom. The molecule has 13 heavy (non-hydrogen) atoms. The lowest BCUT2D eigenvalue weighted by Crippen LogP contribution is -2.22. The van der Waals surface area contributed by atoms with Crippen molar-refractivity contribution in [2.75, 3.05) is 6.61 Å². The Hall–Kier alpha value is 0.234. The largest absolute Gasteiger partial charge is 0.468 e. The minimum Gasteiger partial charge on any atom is -0.468 e. The summed E-state index contributed by atoms with van der Waals surface area (Å²) in [6.45, 7) is 2.08. The van der Waals surface area contributed by atoms with Crippen LogP contribution in [-0.4, -0.2) is 43.5 Å². The van der Waals surface area contributed by atoms with Crippen LogP contribution in [0.15, 0.2) is 0 Å². The van der Waals surface area contributed by atoms with Crippen molar-refractivity contribution in [1.82, 2.24) is 0 Å². The lowest BCUT2D eigenvalue weighted by atomic mass is 10.1. The van der Waals surface area contributed by atoms with Gasteiger partial charge in [0.15, 0.2) is 0 Å². The molecule has 0 radical (unpaired) electrons. The highest BCUT2D eigenvalue weighted by atomic mass is 28.3. The minimum atomic E-state index is -0.500. The van der Waals surface area contributed by atoms with Crippen molar-refractivity contribution < 1.29 is 24.4 Å². The predicted molar refractivity (Wildman–Crippen MR) is 54.3 cm³/mol. The van der Waals surface area contributed by atoms with E-state index in [2.05, 4.69) is 16.7 Å². The SMILES string of the molecule is CCC(CC(COO)OO)[SiH2]O[SiH3]. The van der Waals surface area contributed by atoms with Crippen molar-refractivity contribution in [3.8, 4) is 0 Å². The molecular formula is C6H18O5Si2. The summed E-state index contributed by atoms with van der Waals surface area (Å²) < 4.78 is 5.26. The van der Waals surface area contributed by atoms with E-state index in [0.717, 1.165) is 16.9 Å². The number of hydrogen-bond donors (Lipinski definition) is 2. The van der Waals surface area contributed by atoms with Crippen LogP contribution in [0.5, 0.6) is 0 Å². The second kappa shape index (κ2) is 8.82. The third-order valence-electron chi connectivity index (χ3n) is 1.99. The highest BCUT2D eigenvalue weighted by molar-refractivity contribution is 6.36. The second-order valence-corrected chi connectivity index (χ2v) is 6.79. The highest BCUT2D eigenvalue weighted by Gasteiger charge is 2.16. The van der Waals surface area contributed by atoms with Gasteiger partial charge in [-0.3, -0.25) is 10.5 Å². The van der Waals surface area contributed by atoms with Crippen LogP contribution in [-0.2, 0) is 13.9 Å². The summed E-state index contributed by atoms with van der Waals surface area (Å²) in [6, 6.07) is 0. The van der Waals surface area contributed by atoms with Gasteiger partial charge in [0, 0.05) is 0 Å². The van der Waals surface area contributed by atoms with Crippen molar-refractivity contribution >= 4 is 20.2 Å². The van der Waals surface area contributed by atoms with Gasteiger partial charge in [0.05, 0.1) is 0 Å². The normalized spacial score (nSPS) is 16.8. The monoisotopic (exact) mass is 226 g/mol. The lowest BCUT2D eigenvalue weighted by molar-refractivity contribution is -0.327. The highest BCUT2D eigenvalue weighted by Crippen LogP contribution is 2.18. The molecule has 0 aliphatic carbocycles. The molecule has 0 aliphatic rings. The Bertz CT molecular complexity index is 103. The summed E-state index contributed by atoms with van der Waals surface area (Å²) in [5, 5.41) is 16.6. The molecule has 0 heterocycles. The summed E-state index contributed by atoms with van der Waals surface area (Å²) in [4.78, 5) is 8.08. The Morgan fingerprint density at radius 3 is 2.54 bits per heavy atom. The zero-order valence-electron chi connectivity index (χ0n) is 8.10. The molecule has 0 aromatic carbocycles. The van der Waals surface area contributed by atoms with Gasteiger partial charge in [-0.2, -0.15) is 0 Å². The first-order chi connectivity index (χ1) is 6.28. The zero-order chi connectivity index (χ0) is 10.1. The van der Waals surface area contributed by atoms with Crippen LogP contribution in [0.2, 0.25) is 5.54 Å². The molecule has 80 valence electrons. The van der Waals surface area contributed by atoms with E-state index in [1.807, 2.05) is 0 Å². The summed E-state index contributed by atoms with van der Waals surface area (Å²) in [5.74, 6) is 0. The molecule has 2 N–H and O–H groups in total. The lowest BCUT2D eigenvalue weighted by Gasteiger charge is -2.18. The van der Waals surface area contributed by atoms with E-state index < -0.39 is 15.9 Å². The van der Waals surface area contributed by atoms with Gasteiger partial charge in [0.1, 0.15) is 33.0 Å². The average Bonchev–Trinajstić information content (AvgIpc) is 2.16. The molecule has 2 unspecified atom stereocenters. The summed E-state index contributed by atoms with van der Waals surface area (Å²) in [6.07, 6.45) is 1.25.